The van der Waals surface area contributed by atoms with Gasteiger partial charge in [-0.25, -0.2) is 0 Å². The number of aryl methyl sites for hydroxylation is 2. The van der Waals surface area contributed by atoms with Crippen LogP contribution in [-0.4, -0.2) is 5.11 Å². The number of aliphatic hydroxyl groups is 1. The molecule has 1 heterocycles. The minimum atomic E-state index is -0.276. The quantitative estimate of drug-likeness (QED) is 0.818. The summed E-state index contributed by atoms with van der Waals surface area (Å²) in [7, 11) is 0. The number of aliphatic hydroxyl groups excluding tert-OH is 1. The topological polar surface area (TPSA) is 20.2 Å². The number of hydrogen-bond acceptors (Lipinski definition) is 2. The first-order valence-electron chi connectivity index (χ1n) is 5.54. The summed E-state index contributed by atoms with van der Waals surface area (Å²) >= 11 is 1.72. The van der Waals surface area contributed by atoms with Gasteiger partial charge in [-0.3, -0.25) is 0 Å². The van der Waals surface area contributed by atoms with E-state index in [0.29, 0.717) is 5.41 Å². The lowest BCUT2D eigenvalue weighted by Gasteiger charge is -2.19. The van der Waals surface area contributed by atoms with Gasteiger partial charge in [-0.15, -0.1) is 11.3 Å². The van der Waals surface area contributed by atoms with E-state index < -0.39 is 0 Å². The molecule has 0 saturated carbocycles. The van der Waals surface area contributed by atoms with E-state index in [1.54, 1.807) is 11.3 Å². The molecular formula is C13H22OS. The lowest BCUT2D eigenvalue weighted by atomic mass is 9.89. The Morgan fingerprint density at radius 1 is 1.33 bits per heavy atom. The fraction of sp³-hybridized carbons (Fsp3) is 0.692. The summed E-state index contributed by atoms with van der Waals surface area (Å²) in [5, 5.41) is 10.0. The normalized spacial score (nSPS) is 14.3. The van der Waals surface area contributed by atoms with Gasteiger partial charge in [-0.2, -0.15) is 0 Å². The maximum atomic E-state index is 10.0. The Hall–Kier alpha value is -0.340. The smallest absolute Gasteiger partial charge is 0.0882 e. The highest BCUT2D eigenvalue weighted by Crippen LogP contribution is 2.32. The van der Waals surface area contributed by atoms with Crippen LogP contribution in [0.3, 0.4) is 0 Å². The van der Waals surface area contributed by atoms with Crippen LogP contribution in [0.5, 0.6) is 0 Å². The van der Waals surface area contributed by atoms with E-state index in [0.717, 1.165) is 17.7 Å². The number of thiophene rings is 1. The van der Waals surface area contributed by atoms with E-state index in [-0.39, 0.29) is 6.10 Å². The predicted octanol–water partition coefficient (Wildman–Crippen LogP) is 4.22. The summed E-state index contributed by atoms with van der Waals surface area (Å²) in [5.74, 6) is 0. The van der Waals surface area contributed by atoms with Crippen molar-refractivity contribution in [3.8, 4) is 0 Å². The molecule has 15 heavy (non-hydrogen) atoms. The highest BCUT2D eigenvalue weighted by molar-refractivity contribution is 7.12. The van der Waals surface area contributed by atoms with Crippen molar-refractivity contribution in [1.82, 2.24) is 0 Å². The standard InChI is InChI=1S/C13H22OS/c1-9-8-12(15-10(9)2)11(14)6-7-13(3,4)5/h8,11,14H,6-7H2,1-5H3. The third-order valence-corrected chi connectivity index (χ3v) is 3.94. The Balaban J connectivity index is 2.58. The average molecular weight is 226 g/mol. The van der Waals surface area contributed by atoms with E-state index in [1.807, 2.05) is 0 Å². The van der Waals surface area contributed by atoms with Gasteiger partial charge in [0, 0.05) is 9.75 Å². The third kappa shape index (κ3) is 3.96. The van der Waals surface area contributed by atoms with Crippen molar-refractivity contribution in [3.63, 3.8) is 0 Å². The van der Waals surface area contributed by atoms with Crippen molar-refractivity contribution < 1.29 is 5.11 Å². The number of hydrogen-bond donors (Lipinski definition) is 1. The molecule has 0 amide bonds. The Morgan fingerprint density at radius 2 is 1.93 bits per heavy atom. The van der Waals surface area contributed by atoms with Crippen LogP contribution in [0.2, 0.25) is 0 Å². The van der Waals surface area contributed by atoms with Gasteiger partial charge in [0.15, 0.2) is 0 Å². The first-order valence-corrected chi connectivity index (χ1v) is 6.36. The van der Waals surface area contributed by atoms with Crippen molar-refractivity contribution in [3.05, 3.63) is 21.4 Å². The molecule has 0 fully saturated rings. The van der Waals surface area contributed by atoms with Crippen molar-refractivity contribution >= 4 is 11.3 Å². The molecular weight excluding hydrogens is 204 g/mol. The van der Waals surface area contributed by atoms with Gasteiger partial charge >= 0.3 is 0 Å². The lowest BCUT2D eigenvalue weighted by Crippen LogP contribution is -2.07. The second-order valence-electron chi connectivity index (χ2n) is 5.50. The van der Waals surface area contributed by atoms with Crippen LogP contribution < -0.4 is 0 Å². The zero-order valence-electron chi connectivity index (χ0n) is 10.4. The van der Waals surface area contributed by atoms with Gasteiger partial charge in [0.2, 0.25) is 0 Å². The third-order valence-electron chi connectivity index (χ3n) is 2.68. The molecule has 0 aromatic carbocycles. The molecule has 1 atom stereocenters. The summed E-state index contributed by atoms with van der Waals surface area (Å²) < 4.78 is 0. The van der Waals surface area contributed by atoms with Gasteiger partial charge in [0.25, 0.3) is 0 Å². The minimum absolute atomic E-state index is 0.276. The van der Waals surface area contributed by atoms with Crippen LogP contribution in [0.15, 0.2) is 6.07 Å². The maximum absolute atomic E-state index is 10.0. The zero-order chi connectivity index (χ0) is 11.6. The van der Waals surface area contributed by atoms with Gasteiger partial charge in [-0.05, 0) is 43.7 Å². The van der Waals surface area contributed by atoms with E-state index in [9.17, 15) is 5.11 Å². The molecule has 0 aliphatic rings. The van der Waals surface area contributed by atoms with Gasteiger partial charge in [-0.1, -0.05) is 20.8 Å². The highest BCUT2D eigenvalue weighted by atomic mass is 32.1. The van der Waals surface area contributed by atoms with Crippen LogP contribution in [0.25, 0.3) is 0 Å². The summed E-state index contributed by atoms with van der Waals surface area (Å²) in [6, 6.07) is 2.12. The molecule has 0 aliphatic carbocycles. The van der Waals surface area contributed by atoms with Crippen molar-refractivity contribution in [2.75, 3.05) is 0 Å². The van der Waals surface area contributed by atoms with E-state index in [1.165, 1.54) is 10.4 Å². The second kappa shape index (κ2) is 4.67. The Labute approximate surface area is 97.2 Å². The molecule has 1 N–H and O–H groups in total. The van der Waals surface area contributed by atoms with Gasteiger partial charge in [0.05, 0.1) is 6.10 Å². The molecule has 1 rings (SSSR count). The van der Waals surface area contributed by atoms with Crippen LogP contribution in [0, 0.1) is 19.3 Å². The van der Waals surface area contributed by atoms with Crippen LogP contribution in [0.1, 0.15) is 55.0 Å². The summed E-state index contributed by atoms with van der Waals surface area (Å²) in [6.45, 7) is 10.9. The second-order valence-corrected chi connectivity index (χ2v) is 6.79. The molecule has 1 aromatic rings. The highest BCUT2D eigenvalue weighted by Gasteiger charge is 2.16. The Kier molecular flexibility index (Phi) is 3.96. The molecule has 0 saturated heterocycles. The first kappa shape index (κ1) is 12.7. The molecule has 1 aromatic heterocycles. The molecule has 1 unspecified atom stereocenters. The van der Waals surface area contributed by atoms with Crippen LogP contribution >= 0.6 is 11.3 Å². The SMILES string of the molecule is Cc1cc(C(O)CCC(C)(C)C)sc1C. The van der Waals surface area contributed by atoms with E-state index >= 15 is 0 Å². The first-order chi connectivity index (χ1) is 6.79. The fourth-order valence-electron chi connectivity index (χ4n) is 1.48. The molecule has 1 nitrogen and oxygen atoms in total. The van der Waals surface area contributed by atoms with Crippen LogP contribution in [0.4, 0.5) is 0 Å². The largest absolute Gasteiger partial charge is 0.388 e. The lowest BCUT2D eigenvalue weighted by molar-refractivity contribution is 0.151. The monoisotopic (exact) mass is 226 g/mol. The van der Waals surface area contributed by atoms with E-state index in [4.69, 9.17) is 0 Å². The Morgan fingerprint density at radius 3 is 2.33 bits per heavy atom. The summed E-state index contributed by atoms with van der Waals surface area (Å²) in [5.41, 5.74) is 1.60. The molecule has 86 valence electrons. The van der Waals surface area contributed by atoms with Crippen LogP contribution in [-0.2, 0) is 0 Å². The predicted molar refractivity (Wildman–Crippen MR) is 67.4 cm³/mol. The average Bonchev–Trinajstić information content (AvgIpc) is 2.42. The Bertz CT molecular complexity index is 300. The van der Waals surface area contributed by atoms with E-state index in [2.05, 4.69) is 40.7 Å². The molecule has 0 spiro atoms. The molecule has 0 bridgehead atoms. The fourth-order valence-corrected chi connectivity index (χ4v) is 2.54. The van der Waals surface area contributed by atoms with Gasteiger partial charge < -0.3 is 5.11 Å². The van der Waals surface area contributed by atoms with Crippen molar-refractivity contribution in [2.24, 2.45) is 5.41 Å². The van der Waals surface area contributed by atoms with Crippen molar-refractivity contribution in [1.29, 1.82) is 0 Å². The summed E-state index contributed by atoms with van der Waals surface area (Å²) in [6.07, 6.45) is 1.65. The summed E-state index contributed by atoms with van der Waals surface area (Å²) in [4.78, 5) is 2.44. The molecule has 2 heteroatoms. The minimum Gasteiger partial charge on any atom is -0.388 e. The number of rotatable bonds is 3. The van der Waals surface area contributed by atoms with Gasteiger partial charge in [0.1, 0.15) is 0 Å². The molecule has 0 radical (unpaired) electrons. The van der Waals surface area contributed by atoms with Crippen molar-refractivity contribution in [2.45, 2.75) is 53.6 Å². The molecule has 0 aliphatic heterocycles. The zero-order valence-corrected chi connectivity index (χ0v) is 11.2. The maximum Gasteiger partial charge on any atom is 0.0882 e.